The molecule has 5 nitrogen and oxygen atoms in total. The third-order valence-corrected chi connectivity index (χ3v) is 4.89. The number of hydrogen-bond acceptors (Lipinski definition) is 3. The lowest BCUT2D eigenvalue weighted by Crippen LogP contribution is -2.41. The average molecular weight is 316 g/mol. The first-order valence-corrected chi connectivity index (χ1v) is 8.30. The van der Waals surface area contributed by atoms with Gasteiger partial charge in [0.15, 0.2) is 0 Å². The van der Waals surface area contributed by atoms with Gasteiger partial charge in [0.05, 0.1) is 5.92 Å². The minimum Gasteiger partial charge on any atom is -0.381 e. The summed E-state index contributed by atoms with van der Waals surface area (Å²) in [7, 11) is 0. The fourth-order valence-electron chi connectivity index (χ4n) is 3.49. The Labute approximate surface area is 137 Å². The van der Waals surface area contributed by atoms with Crippen molar-refractivity contribution < 1.29 is 14.3 Å². The van der Waals surface area contributed by atoms with Crippen molar-refractivity contribution in [1.82, 2.24) is 4.90 Å². The number of carbonyl (C=O) groups excluding carboxylic acids is 2. The van der Waals surface area contributed by atoms with E-state index in [1.165, 1.54) is 0 Å². The number of amides is 2. The number of hydrogen-bond donors (Lipinski definition) is 1. The summed E-state index contributed by atoms with van der Waals surface area (Å²) in [5.41, 5.74) is 2.96. The fourth-order valence-corrected chi connectivity index (χ4v) is 3.49. The van der Waals surface area contributed by atoms with E-state index in [1.807, 2.05) is 36.9 Å². The summed E-state index contributed by atoms with van der Waals surface area (Å²) >= 11 is 0. The number of likely N-dealkylation sites (tertiary alicyclic amines) is 1. The highest BCUT2D eigenvalue weighted by Crippen LogP contribution is 2.27. The summed E-state index contributed by atoms with van der Waals surface area (Å²) in [5, 5.41) is 3.02. The van der Waals surface area contributed by atoms with Crippen LogP contribution < -0.4 is 5.32 Å². The first-order chi connectivity index (χ1) is 11.1. The normalized spacial score (nSPS) is 22.4. The van der Waals surface area contributed by atoms with Crippen molar-refractivity contribution >= 4 is 17.5 Å². The lowest BCUT2D eigenvalue weighted by molar-refractivity contribution is -0.131. The minimum absolute atomic E-state index is 0.0506. The Kier molecular flexibility index (Phi) is 4.66. The Morgan fingerprint density at radius 1 is 1.22 bits per heavy atom. The number of nitrogens with zero attached hydrogens (tertiary/aromatic N) is 1. The van der Waals surface area contributed by atoms with Crippen LogP contribution in [0.3, 0.4) is 0 Å². The van der Waals surface area contributed by atoms with E-state index in [1.54, 1.807) is 0 Å². The molecule has 23 heavy (non-hydrogen) atoms. The number of carbonyl (C=O) groups is 2. The number of anilines is 1. The van der Waals surface area contributed by atoms with Crippen LogP contribution in [-0.4, -0.2) is 42.5 Å². The molecule has 0 aromatic heterocycles. The highest BCUT2D eigenvalue weighted by Gasteiger charge is 2.38. The average Bonchev–Trinajstić information content (AvgIpc) is 2.94. The van der Waals surface area contributed by atoms with Crippen molar-refractivity contribution in [1.29, 1.82) is 0 Å². The summed E-state index contributed by atoms with van der Waals surface area (Å²) < 4.78 is 5.36. The lowest BCUT2D eigenvalue weighted by atomic mass is 10.1. The molecule has 2 aliphatic heterocycles. The second-order valence-corrected chi connectivity index (χ2v) is 6.55. The van der Waals surface area contributed by atoms with Gasteiger partial charge in [-0.15, -0.1) is 0 Å². The van der Waals surface area contributed by atoms with Gasteiger partial charge in [-0.1, -0.05) is 18.2 Å². The molecule has 0 aliphatic carbocycles. The molecule has 1 atom stereocenters. The van der Waals surface area contributed by atoms with E-state index in [0.29, 0.717) is 26.2 Å². The zero-order valence-electron chi connectivity index (χ0n) is 13.8. The predicted molar refractivity (Wildman–Crippen MR) is 88.2 cm³/mol. The maximum atomic E-state index is 12.6. The summed E-state index contributed by atoms with van der Waals surface area (Å²) in [6, 6.07) is 6.18. The monoisotopic (exact) mass is 316 g/mol. The minimum atomic E-state index is -0.260. The van der Waals surface area contributed by atoms with Crippen LogP contribution in [0, 0.1) is 19.8 Å². The Bertz CT molecular complexity index is 588. The molecule has 0 spiro atoms. The smallest absolute Gasteiger partial charge is 0.229 e. The van der Waals surface area contributed by atoms with E-state index in [-0.39, 0.29) is 23.8 Å². The van der Waals surface area contributed by atoms with Crippen LogP contribution in [0.4, 0.5) is 5.69 Å². The van der Waals surface area contributed by atoms with Gasteiger partial charge in [-0.2, -0.15) is 0 Å². The van der Waals surface area contributed by atoms with Gasteiger partial charge in [0, 0.05) is 37.9 Å². The fraction of sp³-hybridized carbons (Fsp3) is 0.556. The van der Waals surface area contributed by atoms with Gasteiger partial charge in [-0.3, -0.25) is 9.59 Å². The van der Waals surface area contributed by atoms with Crippen molar-refractivity contribution in [3.05, 3.63) is 29.3 Å². The van der Waals surface area contributed by atoms with Crippen LogP contribution in [0.25, 0.3) is 0 Å². The SMILES string of the molecule is Cc1cccc(C)c1NC(=O)C1CC(=O)N(C2CCOCC2)C1. The molecule has 5 heteroatoms. The molecule has 1 aromatic carbocycles. The highest BCUT2D eigenvalue weighted by atomic mass is 16.5. The zero-order valence-corrected chi connectivity index (χ0v) is 13.8. The van der Waals surface area contributed by atoms with Gasteiger partial charge in [0.25, 0.3) is 0 Å². The van der Waals surface area contributed by atoms with Gasteiger partial charge in [-0.25, -0.2) is 0 Å². The van der Waals surface area contributed by atoms with E-state index < -0.39 is 0 Å². The summed E-state index contributed by atoms with van der Waals surface area (Å²) in [5.74, 6) is -0.215. The van der Waals surface area contributed by atoms with Gasteiger partial charge < -0.3 is 15.0 Å². The number of aryl methyl sites for hydroxylation is 2. The van der Waals surface area contributed by atoms with E-state index in [4.69, 9.17) is 4.74 Å². The van der Waals surface area contributed by atoms with Gasteiger partial charge in [0.1, 0.15) is 0 Å². The molecule has 2 fully saturated rings. The number of nitrogens with one attached hydrogen (secondary N) is 1. The Morgan fingerprint density at radius 2 is 1.87 bits per heavy atom. The molecule has 0 saturated carbocycles. The van der Waals surface area contributed by atoms with Crippen LogP contribution >= 0.6 is 0 Å². The van der Waals surface area contributed by atoms with Gasteiger partial charge in [-0.05, 0) is 37.8 Å². The van der Waals surface area contributed by atoms with E-state index in [0.717, 1.165) is 29.7 Å². The van der Waals surface area contributed by atoms with Gasteiger partial charge in [0.2, 0.25) is 11.8 Å². The van der Waals surface area contributed by atoms with Crippen molar-refractivity contribution in [2.24, 2.45) is 5.92 Å². The molecule has 1 N–H and O–H groups in total. The van der Waals surface area contributed by atoms with Crippen LogP contribution in [0.5, 0.6) is 0 Å². The number of ether oxygens (including phenoxy) is 1. The Morgan fingerprint density at radius 3 is 2.52 bits per heavy atom. The second kappa shape index (κ2) is 6.71. The first kappa shape index (κ1) is 16.0. The standard InChI is InChI=1S/C18H24N2O3/c1-12-4-3-5-13(2)17(12)19-18(22)14-10-16(21)20(11-14)15-6-8-23-9-7-15/h3-5,14-15H,6-11H2,1-2H3,(H,19,22). The molecule has 124 valence electrons. The molecule has 2 amide bonds. The Balaban J connectivity index is 1.66. The largest absolute Gasteiger partial charge is 0.381 e. The molecule has 2 saturated heterocycles. The third-order valence-electron chi connectivity index (χ3n) is 4.89. The molecule has 2 heterocycles. The second-order valence-electron chi connectivity index (χ2n) is 6.55. The number of rotatable bonds is 3. The quantitative estimate of drug-likeness (QED) is 0.930. The Hall–Kier alpha value is -1.88. The predicted octanol–water partition coefficient (Wildman–Crippen LogP) is 2.27. The topological polar surface area (TPSA) is 58.6 Å². The van der Waals surface area contributed by atoms with Crippen molar-refractivity contribution in [3.8, 4) is 0 Å². The van der Waals surface area contributed by atoms with Crippen LogP contribution in [0.1, 0.15) is 30.4 Å². The van der Waals surface area contributed by atoms with E-state index >= 15 is 0 Å². The van der Waals surface area contributed by atoms with Gasteiger partial charge >= 0.3 is 0 Å². The summed E-state index contributed by atoms with van der Waals surface area (Å²) in [6.07, 6.45) is 2.06. The van der Waals surface area contributed by atoms with E-state index in [2.05, 4.69) is 5.32 Å². The van der Waals surface area contributed by atoms with Crippen LogP contribution in [-0.2, 0) is 14.3 Å². The molecule has 0 radical (unpaired) electrons. The third kappa shape index (κ3) is 3.39. The molecule has 2 aliphatic rings. The molecule has 1 aromatic rings. The van der Waals surface area contributed by atoms with Crippen molar-refractivity contribution in [2.75, 3.05) is 25.1 Å². The molecule has 3 rings (SSSR count). The summed E-state index contributed by atoms with van der Waals surface area (Å²) in [4.78, 5) is 26.7. The molecular weight excluding hydrogens is 292 g/mol. The van der Waals surface area contributed by atoms with E-state index in [9.17, 15) is 9.59 Å². The number of benzene rings is 1. The number of para-hydroxylation sites is 1. The molecule has 1 unspecified atom stereocenters. The van der Waals surface area contributed by atoms with Crippen LogP contribution in [0.2, 0.25) is 0 Å². The maximum Gasteiger partial charge on any atom is 0.229 e. The summed E-state index contributed by atoms with van der Waals surface area (Å²) in [6.45, 7) is 5.90. The van der Waals surface area contributed by atoms with Crippen molar-refractivity contribution in [3.63, 3.8) is 0 Å². The maximum absolute atomic E-state index is 12.6. The zero-order chi connectivity index (χ0) is 16.4. The lowest BCUT2D eigenvalue weighted by Gasteiger charge is -2.31. The first-order valence-electron chi connectivity index (χ1n) is 8.30. The highest BCUT2D eigenvalue weighted by molar-refractivity contribution is 5.98. The van der Waals surface area contributed by atoms with Crippen LogP contribution in [0.15, 0.2) is 18.2 Å². The molecule has 0 bridgehead atoms. The molecular formula is C18H24N2O3. The van der Waals surface area contributed by atoms with Crippen molar-refractivity contribution in [2.45, 2.75) is 39.2 Å².